The van der Waals surface area contributed by atoms with Gasteiger partial charge in [-0.25, -0.2) is 13.8 Å². The molecule has 8 heteroatoms. The summed E-state index contributed by atoms with van der Waals surface area (Å²) in [6.07, 6.45) is 5.32. The minimum Gasteiger partial charge on any atom is -0.362 e. The van der Waals surface area contributed by atoms with Crippen LogP contribution in [0.5, 0.6) is 0 Å². The fourth-order valence-electron chi connectivity index (χ4n) is 3.63. The number of aryl methyl sites for hydroxylation is 1. The van der Waals surface area contributed by atoms with Crippen LogP contribution in [0.15, 0.2) is 24.4 Å². The van der Waals surface area contributed by atoms with Crippen LogP contribution in [0.2, 0.25) is 0 Å². The van der Waals surface area contributed by atoms with Gasteiger partial charge in [-0.3, -0.25) is 4.79 Å². The molecule has 2 aromatic rings. The Kier molecular flexibility index (Phi) is 6.61. The Hall–Kier alpha value is -2.77. The minimum atomic E-state index is -0.933. The van der Waals surface area contributed by atoms with Crippen LogP contribution in [0, 0.1) is 18.6 Å². The summed E-state index contributed by atoms with van der Waals surface area (Å²) in [5, 5.41) is 6.39. The standard InChI is InChI=1S/C21H27F2N5O/c1-13-12-24-21(27-20(13)28(2)3)26-16-7-5-15(6-8-16)25-19(29)11-14-4-9-17(22)18(23)10-14/h4,9-10,12,15-16H,5-8,11H2,1-3H3,(H,25,29)(H,24,26,27)/t15-,16+. The van der Waals surface area contributed by atoms with E-state index in [0.29, 0.717) is 11.5 Å². The molecule has 1 aromatic heterocycles. The second-order valence-electron chi connectivity index (χ2n) is 7.78. The molecule has 0 spiro atoms. The van der Waals surface area contributed by atoms with Gasteiger partial charge in [-0.1, -0.05) is 6.07 Å². The van der Waals surface area contributed by atoms with Crippen LogP contribution < -0.4 is 15.5 Å². The lowest BCUT2D eigenvalue weighted by molar-refractivity contribution is -0.121. The molecular formula is C21H27F2N5O. The Labute approximate surface area is 169 Å². The van der Waals surface area contributed by atoms with Gasteiger partial charge in [0.05, 0.1) is 6.42 Å². The number of hydrogen-bond donors (Lipinski definition) is 2. The highest BCUT2D eigenvalue weighted by molar-refractivity contribution is 5.78. The molecule has 0 aliphatic heterocycles. The predicted molar refractivity (Wildman–Crippen MR) is 109 cm³/mol. The Bertz CT molecular complexity index is 866. The van der Waals surface area contributed by atoms with Crippen molar-refractivity contribution in [3.8, 4) is 0 Å². The summed E-state index contributed by atoms with van der Waals surface area (Å²) in [6.45, 7) is 1.98. The van der Waals surface area contributed by atoms with Crippen molar-refractivity contribution in [2.45, 2.75) is 51.1 Å². The maximum Gasteiger partial charge on any atom is 0.224 e. The smallest absolute Gasteiger partial charge is 0.224 e. The fraction of sp³-hybridized carbons (Fsp3) is 0.476. The van der Waals surface area contributed by atoms with Gasteiger partial charge in [0, 0.05) is 37.9 Å². The van der Waals surface area contributed by atoms with E-state index in [4.69, 9.17) is 0 Å². The quantitative estimate of drug-likeness (QED) is 0.775. The van der Waals surface area contributed by atoms with E-state index in [9.17, 15) is 13.6 Å². The first-order valence-electron chi connectivity index (χ1n) is 9.82. The van der Waals surface area contributed by atoms with Crippen LogP contribution in [-0.4, -0.2) is 42.1 Å². The van der Waals surface area contributed by atoms with Crippen molar-refractivity contribution in [2.24, 2.45) is 0 Å². The zero-order valence-electron chi connectivity index (χ0n) is 17.0. The number of carbonyl (C=O) groups excluding carboxylic acids is 1. The maximum atomic E-state index is 13.3. The highest BCUT2D eigenvalue weighted by Crippen LogP contribution is 2.23. The normalized spacial score (nSPS) is 18.9. The number of carbonyl (C=O) groups is 1. The molecule has 1 fully saturated rings. The monoisotopic (exact) mass is 403 g/mol. The lowest BCUT2D eigenvalue weighted by Gasteiger charge is -2.30. The van der Waals surface area contributed by atoms with Gasteiger partial charge < -0.3 is 15.5 Å². The van der Waals surface area contributed by atoms with Gasteiger partial charge in [0.25, 0.3) is 0 Å². The van der Waals surface area contributed by atoms with Crippen molar-refractivity contribution in [1.29, 1.82) is 0 Å². The molecule has 156 valence electrons. The van der Waals surface area contributed by atoms with Crippen LogP contribution in [0.25, 0.3) is 0 Å². The average molecular weight is 403 g/mol. The number of nitrogens with zero attached hydrogens (tertiary/aromatic N) is 3. The van der Waals surface area contributed by atoms with Crippen LogP contribution in [0.4, 0.5) is 20.5 Å². The van der Waals surface area contributed by atoms with E-state index < -0.39 is 11.6 Å². The summed E-state index contributed by atoms with van der Waals surface area (Å²) in [5.41, 5.74) is 1.48. The number of nitrogens with one attached hydrogen (secondary N) is 2. The lowest BCUT2D eigenvalue weighted by Crippen LogP contribution is -2.41. The van der Waals surface area contributed by atoms with E-state index in [-0.39, 0.29) is 24.4 Å². The molecule has 6 nitrogen and oxygen atoms in total. The molecule has 1 aliphatic carbocycles. The van der Waals surface area contributed by atoms with Crippen molar-refractivity contribution in [1.82, 2.24) is 15.3 Å². The van der Waals surface area contributed by atoms with Crippen molar-refractivity contribution >= 4 is 17.7 Å². The molecule has 1 aromatic carbocycles. The number of aromatic nitrogens is 2. The first-order valence-corrected chi connectivity index (χ1v) is 9.82. The number of hydrogen-bond acceptors (Lipinski definition) is 5. The molecule has 1 amide bonds. The van der Waals surface area contributed by atoms with E-state index in [0.717, 1.165) is 49.2 Å². The number of benzene rings is 1. The molecule has 29 heavy (non-hydrogen) atoms. The first kappa shape index (κ1) is 21.0. The lowest BCUT2D eigenvalue weighted by atomic mass is 9.91. The fourth-order valence-corrected chi connectivity index (χ4v) is 3.63. The molecule has 1 heterocycles. The SMILES string of the molecule is Cc1cnc(N[C@H]2CC[C@@H](NC(=O)Cc3ccc(F)c(F)c3)CC2)nc1N(C)C. The summed E-state index contributed by atoms with van der Waals surface area (Å²) >= 11 is 0. The first-order chi connectivity index (χ1) is 13.8. The van der Waals surface area contributed by atoms with Gasteiger partial charge in [0.1, 0.15) is 5.82 Å². The highest BCUT2D eigenvalue weighted by atomic mass is 19.2. The summed E-state index contributed by atoms with van der Waals surface area (Å²) in [5.74, 6) is -0.511. The number of anilines is 2. The Balaban J connectivity index is 1.47. The zero-order chi connectivity index (χ0) is 21.0. The summed E-state index contributed by atoms with van der Waals surface area (Å²) < 4.78 is 26.3. The molecule has 3 rings (SSSR count). The van der Waals surface area contributed by atoms with Crippen molar-refractivity contribution < 1.29 is 13.6 Å². The topological polar surface area (TPSA) is 70.1 Å². The number of halogens is 2. The van der Waals surface area contributed by atoms with Gasteiger partial charge >= 0.3 is 0 Å². The molecule has 1 aliphatic rings. The average Bonchev–Trinajstić information content (AvgIpc) is 2.67. The third-order valence-electron chi connectivity index (χ3n) is 5.14. The van der Waals surface area contributed by atoms with Crippen LogP contribution in [0.3, 0.4) is 0 Å². The largest absolute Gasteiger partial charge is 0.362 e. The summed E-state index contributed by atoms with van der Waals surface area (Å²) in [6, 6.07) is 3.89. The highest BCUT2D eigenvalue weighted by Gasteiger charge is 2.23. The third kappa shape index (κ3) is 5.62. The molecule has 2 N–H and O–H groups in total. The molecule has 0 bridgehead atoms. The van der Waals surface area contributed by atoms with Gasteiger partial charge in [-0.05, 0) is 50.3 Å². The zero-order valence-corrected chi connectivity index (χ0v) is 17.0. The molecule has 0 radical (unpaired) electrons. The maximum absolute atomic E-state index is 13.3. The summed E-state index contributed by atoms with van der Waals surface area (Å²) in [4.78, 5) is 23.1. The van der Waals surface area contributed by atoms with Gasteiger partial charge in [-0.2, -0.15) is 4.98 Å². The molecule has 0 saturated heterocycles. The Morgan fingerprint density at radius 1 is 1.14 bits per heavy atom. The van der Waals surface area contributed by atoms with Gasteiger partial charge in [-0.15, -0.1) is 0 Å². The Morgan fingerprint density at radius 2 is 1.83 bits per heavy atom. The van der Waals surface area contributed by atoms with E-state index >= 15 is 0 Å². The number of amides is 1. The van der Waals surface area contributed by atoms with Crippen LogP contribution in [-0.2, 0) is 11.2 Å². The third-order valence-corrected chi connectivity index (χ3v) is 5.14. The summed E-state index contributed by atoms with van der Waals surface area (Å²) in [7, 11) is 3.90. The second kappa shape index (κ2) is 9.15. The second-order valence-corrected chi connectivity index (χ2v) is 7.78. The van der Waals surface area contributed by atoms with Crippen molar-refractivity contribution in [3.05, 3.63) is 47.2 Å². The van der Waals surface area contributed by atoms with Crippen LogP contribution >= 0.6 is 0 Å². The van der Waals surface area contributed by atoms with E-state index in [1.54, 1.807) is 0 Å². The molecular weight excluding hydrogens is 376 g/mol. The minimum absolute atomic E-state index is 0.0416. The van der Waals surface area contributed by atoms with Crippen molar-refractivity contribution in [2.75, 3.05) is 24.3 Å². The van der Waals surface area contributed by atoms with Crippen molar-refractivity contribution in [3.63, 3.8) is 0 Å². The van der Waals surface area contributed by atoms with Gasteiger partial charge in [0.15, 0.2) is 11.6 Å². The van der Waals surface area contributed by atoms with Crippen LogP contribution in [0.1, 0.15) is 36.8 Å². The van der Waals surface area contributed by atoms with E-state index in [1.807, 2.05) is 32.1 Å². The van der Waals surface area contributed by atoms with E-state index in [1.165, 1.54) is 6.07 Å². The van der Waals surface area contributed by atoms with Gasteiger partial charge in [0.2, 0.25) is 11.9 Å². The molecule has 0 unspecified atom stereocenters. The van der Waals surface area contributed by atoms with E-state index in [2.05, 4.69) is 20.6 Å². The molecule has 1 saturated carbocycles. The molecule has 0 atom stereocenters. The predicted octanol–water partition coefficient (Wildman–Crippen LogP) is 3.21. The number of rotatable bonds is 6. The Morgan fingerprint density at radius 3 is 2.48 bits per heavy atom.